The fourth-order valence-corrected chi connectivity index (χ4v) is 92.2. The van der Waals surface area contributed by atoms with Crippen molar-refractivity contribution in [1.29, 1.82) is 0 Å². The van der Waals surface area contributed by atoms with Crippen LogP contribution in [0.25, 0.3) is 0 Å². The Morgan fingerprint density at radius 2 is 0.533 bits per heavy atom. The van der Waals surface area contributed by atoms with Gasteiger partial charge in [-0.1, -0.05) is 0 Å². The molecule has 0 unspecified atom stereocenters. The molecule has 0 aliphatic carbocycles. The molecule has 0 aromatic carbocycles. The first-order chi connectivity index (χ1) is 13.4. The van der Waals surface area contributed by atoms with E-state index in [1.54, 1.807) is 0 Å². The molecule has 0 aromatic heterocycles. The molecule has 0 aliphatic rings. The van der Waals surface area contributed by atoms with Gasteiger partial charge in [0.2, 0.25) is 0 Å². The standard InChI is InChI=1S/C14H38GeSi4.5CO.Cr/c1-16(2,3)13(17(4,5)6)15-14(18(7,8)9)19(10,11)12;5*1-2;/h13-14H,1-12H3;;;;;;. The zero-order valence-corrected chi connectivity index (χ0v) is 28.0. The summed E-state index contributed by atoms with van der Waals surface area (Å²) >= 11 is 2.77. The predicted molar refractivity (Wildman–Crippen MR) is 126 cm³/mol. The van der Waals surface area contributed by atoms with E-state index < -0.39 is 44.2 Å². The second-order valence-corrected chi connectivity index (χ2v) is 45.9. The summed E-state index contributed by atoms with van der Waals surface area (Å²) in [6, 6.07) is 0. The summed E-state index contributed by atoms with van der Waals surface area (Å²) in [5.41, 5.74) is 0. The van der Waals surface area contributed by atoms with Crippen LogP contribution >= 0.6 is 0 Å². The van der Waals surface area contributed by atoms with Gasteiger partial charge in [0.1, 0.15) is 0 Å². The molecule has 0 saturated carbocycles. The van der Waals surface area contributed by atoms with E-state index in [1.165, 1.54) is 7.99 Å². The van der Waals surface area contributed by atoms with Crippen molar-refractivity contribution in [3.63, 3.8) is 0 Å². The summed E-state index contributed by atoms with van der Waals surface area (Å²) < 4.78 is 39.8. The fourth-order valence-electron chi connectivity index (χ4n) is 4.47. The van der Waals surface area contributed by atoms with Crippen molar-refractivity contribution in [2.45, 2.75) is 86.6 Å². The van der Waals surface area contributed by atoms with Gasteiger partial charge in [-0.05, 0) is 0 Å². The summed E-state index contributed by atoms with van der Waals surface area (Å²) in [6.45, 7) is 54.2. The molecule has 30 heavy (non-hydrogen) atoms. The van der Waals surface area contributed by atoms with Crippen molar-refractivity contribution < 1.29 is 37.1 Å². The second-order valence-electron chi connectivity index (χ2n) is 10.7. The van der Waals surface area contributed by atoms with Crippen molar-refractivity contribution in [3.8, 4) is 0 Å². The molecular weight excluding hydrogens is 545 g/mol. The van der Waals surface area contributed by atoms with Crippen molar-refractivity contribution in [2.24, 2.45) is 0 Å². The van der Waals surface area contributed by atoms with Crippen LogP contribution in [0.5, 0.6) is 0 Å². The third-order valence-corrected chi connectivity index (χ3v) is 62.9. The molecule has 0 aromatic rings. The average Bonchev–Trinajstić information content (AvgIpc) is 2.58. The van der Waals surface area contributed by atoms with E-state index in [0.29, 0.717) is 0 Å². The van der Waals surface area contributed by atoms with Gasteiger partial charge in [0.05, 0.1) is 0 Å². The van der Waals surface area contributed by atoms with Crippen molar-refractivity contribution in [1.82, 2.24) is 0 Å². The number of hydrogen-bond acceptors (Lipinski definition) is 0. The molecule has 0 heterocycles. The van der Waals surface area contributed by atoms with Crippen molar-refractivity contribution >= 4 is 44.2 Å². The van der Waals surface area contributed by atoms with Crippen LogP contribution in [-0.2, 0) is 37.1 Å². The molecule has 0 N–H and O–H groups in total. The Morgan fingerprint density at radius 3 is 0.600 bits per heavy atom. The summed E-state index contributed by atoms with van der Waals surface area (Å²) in [7, 11) is -4.23. The average molecular weight is 583 g/mol. The second kappa shape index (κ2) is 21.5. The van der Waals surface area contributed by atoms with Crippen LogP contribution in [0.1, 0.15) is 0 Å². The zero-order chi connectivity index (χ0) is 26.7. The van der Waals surface area contributed by atoms with Crippen LogP contribution in [0, 0.1) is 33.3 Å². The van der Waals surface area contributed by atoms with Crippen LogP contribution in [0.3, 0.4) is 0 Å². The van der Waals surface area contributed by atoms with Crippen molar-refractivity contribution in [2.75, 3.05) is 0 Å². The molecule has 0 bridgehead atoms. The van der Waals surface area contributed by atoms with Gasteiger partial charge in [-0.2, -0.15) is 0 Å². The molecule has 0 saturated heterocycles. The Balaban J connectivity index is -0.000000125. The minimum absolute atomic E-state index is 1.06. The molecule has 0 rings (SSSR count). The third kappa shape index (κ3) is 20.5. The summed E-state index contributed by atoms with van der Waals surface area (Å²) in [4.78, 5) is 0. The molecule has 5 nitrogen and oxygen atoms in total. The molecule has 0 radical (unpaired) electrons. The maximum atomic E-state index is 7.50. The first-order valence-corrected chi connectivity index (χ1v) is 29.9. The molecule has 0 fully saturated rings. The molecule has 0 aliphatic heterocycles. The van der Waals surface area contributed by atoms with Gasteiger partial charge in [-0.3, -0.25) is 0 Å². The van der Waals surface area contributed by atoms with Gasteiger partial charge in [-0.25, -0.2) is 0 Å². The van der Waals surface area contributed by atoms with Gasteiger partial charge in [0.25, 0.3) is 0 Å². The van der Waals surface area contributed by atoms with Crippen LogP contribution in [-0.4, -0.2) is 44.2 Å². The van der Waals surface area contributed by atoms with E-state index >= 15 is 0 Å². The fraction of sp³-hybridized carbons (Fsp3) is 0.737. The predicted octanol–water partition coefficient (Wildman–Crippen LogP) is 5.59. The van der Waals surface area contributed by atoms with E-state index in [2.05, 4.69) is 126 Å². The third-order valence-electron chi connectivity index (χ3n) is 4.03. The normalized spacial score (nSPS) is 10.4. The van der Waals surface area contributed by atoms with Crippen LogP contribution < -0.4 is 0 Å². The Hall–Kier alpha value is 0.643. The monoisotopic (exact) mass is 584 g/mol. The van der Waals surface area contributed by atoms with E-state index in [-0.39, 0.29) is 0 Å². The van der Waals surface area contributed by atoms with Gasteiger partial charge < -0.3 is 0 Å². The van der Waals surface area contributed by atoms with Gasteiger partial charge in [0.15, 0.2) is 0 Å². The Bertz CT molecular complexity index is 463. The van der Waals surface area contributed by atoms with Gasteiger partial charge in [0, 0.05) is 0 Å². The molecule has 0 spiro atoms. The van der Waals surface area contributed by atoms with Crippen molar-refractivity contribution in [3.05, 3.63) is 33.3 Å². The van der Waals surface area contributed by atoms with E-state index in [4.69, 9.17) is 23.3 Å². The Kier molecular flexibility index (Phi) is 31.8. The number of hydrogen-bond donors (Lipinski definition) is 0. The molecule has 0 amide bonds. The topological polar surface area (TPSA) is 99.5 Å². The molecule has 11 heteroatoms. The van der Waals surface area contributed by atoms with Crippen LogP contribution in [0.2, 0.25) is 86.6 Å². The molecular formula is C19H38CrGeO5Si4. The van der Waals surface area contributed by atoms with E-state index in [9.17, 15) is 0 Å². The summed E-state index contributed by atoms with van der Waals surface area (Å²) in [5, 5.41) is 0. The van der Waals surface area contributed by atoms with Gasteiger partial charge in [-0.15, -0.1) is 0 Å². The number of rotatable bonds is 6. The van der Waals surface area contributed by atoms with E-state index in [1.807, 2.05) is 0 Å². The SMILES string of the molecule is C[Si](C)(C)[CH]([Ge](=[Cr])[CH]([Si](C)(C)C)[Si](C)(C)C)[Si](C)(C)C.[C-]#[O+].[C-]#[O+].[C-]#[O+].[C-]#[O+].[C-]#[O+]. The summed E-state index contributed by atoms with van der Waals surface area (Å²) in [5.74, 6) is 0. The first-order valence-electron chi connectivity index (χ1n) is 8.96. The first kappa shape index (κ1) is 44.3. The Labute approximate surface area is 200 Å². The molecule has 170 valence electrons. The van der Waals surface area contributed by atoms with Gasteiger partial charge >= 0.3 is 201 Å². The minimum atomic E-state index is -1.14. The zero-order valence-electron chi connectivity index (χ0n) is 20.6. The molecule has 0 atom stereocenters. The maximum absolute atomic E-state index is 7.50. The quantitative estimate of drug-likeness (QED) is 0.221. The van der Waals surface area contributed by atoms with Crippen LogP contribution in [0.4, 0.5) is 0 Å². The Morgan fingerprint density at radius 1 is 0.433 bits per heavy atom. The van der Waals surface area contributed by atoms with E-state index in [0.717, 1.165) is 0 Å². The van der Waals surface area contributed by atoms with Crippen LogP contribution in [0.15, 0.2) is 0 Å². The summed E-state index contributed by atoms with van der Waals surface area (Å²) in [6.07, 6.45) is 0.